The smallest absolute Gasteiger partial charge is 0.0351 e. The fourth-order valence-corrected chi connectivity index (χ4v) is 2.90. The van der Waals surface area contributed by atoms with Gasteiger partial charge in [0.25, 0.3) is 0 Å². The Morgan fingerprint density at radius 3 is 2.59 bits per heavy atom. The molecule has 17 heavy (non-hydrogen) atoms. The van der Waals surface area contributed by atoms with E-state index in [1.54, 1.807) is 11.1 Å². The first-order chi connectivity index (χ1) is 8.05. The minimum atomic E-state index is 0.264. The van der Waals surface area contributed by atoms with Crippen LogP contribution in [0.4, 0.5) is 0 Å². The maximum absolute atomic E-state index is 3.72. The van der Waals surface area contributed by atoms with E-state index in [-0.39, 0.29) is 5.41 Å². The van der Waals surface area contributed by atoms with Crippen molar-refractivity contribution >= 4 is 0 Å². The van der Waals surface area contributed by atoms with Crippen molar-refractivity contribution in [3.05, 3.63) is 34.9 Å². The van der Waals surface area contributed by atoms with Gasteiger partial charge in [-0.3, -0.25) is 0 Å². The van der Waals surface area contributed by atoms with E-state index in [1.807, 2.05) is 0 Å². The van der Waals surface area contributed by atoms with Crippen molar-refractivity contribution in [1.29, 1.82) is 0 Å². The normalized spacial score (nSPS) is 24.5. The lowest BCUT2D eigenvalue weighted by Crippen LogP contribution is -2.31. The van der Waals surface area contributed by atoms with Gasteiger partial charge in [-0.25, -0.2) is 0 Å². The summed E-state index contributed by atoms with van der Waals surface area (Å²) in [6.07, 6.45) is 4.02. The maximum atomic E-state index is 3.72. The summed E-state index contributed by atoms with van der Waals surface area (Å²) in [5.41, 5.74) is 4.91. The summed E-state index contributed by atoms with van der Waals surface area (Å²) in [6.45, 7) is 8.06. The molecule has 0 spiro atoms. The molecule has 92 valence electrons. The van der Waals surface area contributed by atoms with Crippen LogP contribution in [0.2, 0.25) is 0 Å². The van der Waals surface area contributed by atoms with Crippen LogP contribution in [-0.2, 0) is 11.8 Å². The Kier molecular flexibility index (Phi) is 2.55. The van der Waals surface area contributed by atoms with Gasteiger partial charge in [0.1, 0.15) is 0 Å². The average Bonchev–Trinajstić information content (AvgIpc) is 3.10. The summed E-state index contributed by atoms with van der Waals surface area (Å²) in [4.78, 5) is 0. The van der Waals surface area contributed by atoms with Crippen LogP contribution in [-0.4, -0.2) is 6.54 Å². The Labute approximate surface area is 105 Å². The molecule has 1 atom stereocenters. The fourth-order valence-electron chi connectivity index (χ4n) is 2.90. The summed E-state index contributed by atoms with van der Waals surface area (Å²) >= 11 is 0. The van der Waals surface area contributed by atoms with E-state index in [2.05, 4.69) is 44.3 Å². The second-order valence-electron chi connectivity index (χ2n) is 6.68. The predicted molar refractivity (Wildman–Crippen MR) is 72.3 cm³/mol. The molecule has 0 amide bonds. The monoisotopic (exact) mass is 229 g/mol. The van der Waals surface area contributed by atoms with Gasteiger partial charge in [-0.05, 0) is 53.8 Å². The third-order valence-electron chi connectivity index (χ3n) is 4.20. The van der Waals surface area contributed by atoms with Crippen molar-refractivity contribution in [3.63, 3.8) is 0 Å². The van der Waals surface area contributed by atoms with E-state index < -0.39 is 0 Å². The molecule has 1 unspecified atom stereocenters. The Morgan fingerprint density at radius 1 is 1.18 bits per heavy atom. The number of nitrogens with one attached hydrogen (secondary N) is 1. The second-order valence-corrected chi connectivity index (χ2v) is 6.68. The molecular weight excluding hydrogens is 206 g/mol. The van der Waals surface area contributed by atoms with Crippen molar-refractivity contribution in [1.82, 2.24) is 5.32 Å². The Balaban J connectivity index is 2.01. The van der Waals surface area contributed by atoms with Crippen molar-refractivity contribution in [2.75, 3.05) is 6.54 Å². The molecule has 0 saturated heterocycles. The Bertz CT molecular complexity index is 424. The van der Waals surface area contributed by atoms with Crippen LogP contribution in [0, 0.1) is 5.92 Å². The topological polar surface area (TPSA) is 12.0 Å². The molecule has 3 rings (SSSR count). The van der Waals surface area contributed by atoms with Gasteiger partial charge in [0, 0.05) is 6.04 Å². The molecule has 1 aromatic rings. The molecule has 1 N–H and O–H groups in total. The summed E-state index contributed by atoms with van der Waals surface area (Å²) in [5, 5.41) is 3.72. The molecule has 1 heteroatoms. The quantitative estimate of drug-likeness (QED) is 0.776. The van der Waals surface area contributed by atoms with Gasteiger partial charge in [0.2, 0.25) is 0 Å². The van der Waals surface area contributed by atoms with Gasteiger partial charge < -0.3 is 5.32 Å². The van der Waals surface area contributed by atoms with Crippen molar-refractivity contribution in [2.45, 2.75) is 51.5 Å². The number of rotatable bonds is 1. The van der Waals surface area contributed by atoms with Crippen LogP contribution in [0.5, 0.6) is 0 Å². The van der Waals surface area contributed by atoms with Gasteiger partial charge in [0.05, 0.1) is 0 Å². The second kappa shape index (κ2) is 3.84. The summed E-state index contributed by atoms with van der Waals surface area (Å²) in [7, 11) is 0. The van der Waals surface area contributed by atoms with Crippen molar-refractivity contribution in [2.24, 2.45) is 5.92 Å². The first-order valence-electron chi connectivity index (χ1n) is 6.92. The summed E-state index contributed by atoms with van der Waals surface area (Å²) in [6, 6.07) is 7.80. The van der Waals surface area contributed by atoms with E-state index in [9.17, 15) is 0 Å². The minimum absolute atomic E-state index is 0.264. The average molecular weight is 229 g/mol. The van der Waals surface area contributed by atoms with E-state index in [1.165, 1.54) is 24.8 Å². The van der Waals surface area contributed by atoms with Crippen LogP contribution in [0.3, 0.4) is 0 Å². The molecule has 2 aliphatic rings. The maximum Gasteiger partial charge on any atom is 0.0351 e. The lowest BCUT2D eigenvalue weighted by Gasteiger charge is -2.29. The molecule has 1 heterocycles. The standard InChI is InChI=1S/C16H23N/c1-16(2,3)13-7-6-11-8-9-17-15(12-4-5-12)14(11)10-13/h6-7,10,12,15,17H,4-5,8-9H2,1-3H3. The highest BCUT2D eigenvalue weighted by atomic mass is 14.9. The van der Waals surface area contributed by atoms with Crippen molar-refractivity contribution in [3.8, 4) is 0 Å². The molecule has 1 aromatic carbocycles. The Morgan fingerprint density at radius 2 is 1.94 bits per heavy atom. The zero-order valence-corrected chi connectivity index (χ0v) is 11.2. The Hall–Kier alpha value is -0.820. The predicted octanol–water partition coefficient (Wildman–Crippen LogP) is 3.58. The molecule has 0 aromatic heterocycles. The highest BCUT2D eigenvalue weighted by molar-refractivity contribution is 5.39. The van der Waals surface area contributed by atoms with Crippen LogP contribution < -0.4 is 5.32 Å². The third kappa shape index (κ3) is 2.13. The van der Waals surface area contributed by atoms with Crippen molar-refractivity contribution < 1.29 is 0 Å². The zero-order chi connectivity index (χ0) is 12.0. The minimum Gasteiger partial charge on any atom is -0.309 e. The summed E-state index contributed by atoms with van der Waals surface area (Å²) in [5.74, 6) is 0.907. The van der Waals surface area contributed by atoms with Gasteiger partial charge in [-0.2, -0.15) is 0 Å². The van der Waals surface area contributed by atoms with Crippen LogP contribution in [0.25, 0.3) is 0 Å². The van der Waals surface area contributed by atoms with Crippen LogP contribution in [0.15, 0.2) is 18.2 Å². The van der Waals surface area contributed by atoms with E-state index >= 15 is 0 Å². The fraction of sp³-hybridized carbons (Fsp3) is 0.625. The molecule has 1 nitrogen and oxygen atoms in total. The molecular formula is C16H23N. The highest BCUT2D eigenvalue weighted by Gasteiger charge is 2.35. The van der Waals surface area contributed by atoms with E-state index in [4.69, 9.17) is 0 Å². The summed E-state index contributed by atoms with van der Waals surface area (Å²) < 4.78 is 0. The number of hydrogen-bond donors (Lipinski definition) is 1. The molecule has 0 radical (unpaired) electrons. The van der Waals surface area contributed by atoms with Crippen LogP contribution in [0.1, 0.15) is 56.3 Å². The molecule has 1 aliphatic heterocycles. The van der Waals surface area contributed by atoms with Gasteiger partial charge >= 0.3 is 0 Å². The lowest BCUT2D eigenvalue weighted by atomic mass is 9.82. The molecule has 1 fully saturated rings. The molecule has 0 bridgehead atoms. The first kappa shape index (κ1) is 11.3. The van der Waals surface area contributed by atoms with E-state index in [0.717, 1.165) is 12.5 Å². The largest absolute Gasteiger partial charge is 0.309 e. The zero-order valence-electron chi connectivity index (χ0n) is 11.2. The van der Waals surface area contributed by atoms with Gasteiger partial charge in [-0.1, -0.05) is 39.0 Å². The van der Waals surface area contributed by atoms with Crippen LogP contribution >= 0.6 is 0 Å². The lowest BCUT2D eigenvalue weighted by molar-refractivity contribution is 0.455. The number of benzene rings is 1. The van der Waals surface area contributed by atoms with E-state index in [0.29, 0.717) is 6.04 Å². The highest BCUT2D eigenvalue weighted by Crippen LogP contribution is 2.44. The SMILES string of the molecule is CC(C)(C)c1ccc2c(c1)C(C1CC1)NCC2. The first-order valence-corrected chi connectivity index (χ1v) is 6.92. The molecule has 1 saturated carbocycles. The molecule has 1 aliphatic carbocycles. The van der Waals surface area contributed by atoms with Gasteiger partial charge in [-0.15, -0.1) is 0 Å². The number of hydrogen-bond acceptors (Lipinski definition) is 1. The van der Waals surface area contributed by atoms with Gasteiger partial charge in [0.15, 0.2) is 0 Å². The third-order valence-corrected chi connectivity index (χ3v) is 4.20. The number of fused-ring (bicyclic) bond motifs is 1.